The van der Waals surface area contributed by atoms with Gasteiger partial charge in [0, 0.05) is 23.7 Å². The van der Waals surface area contributed by atoms with Gasteiger partial charge in [-0.2, -0.15) is 9.99 Å². The second kappa shape index (κ2) is 10.2. The van der Waals surface area contributed by atoms with Crippen molar-refractivity contribution >= 4 is 11.9 Å². The van der Waals surface area contributed by atoms with Crippen LogP contribution >= 0.6 is 0 Å². The SMILES string of the molecule is COC(=O)[C@H](Cc1cccc(C#N)c1)C(C)NC(=O)c1ccc(-c2cc[n+]([O-])cc2)cc1. The maximum atomic E-state index is 12.8. The lowest BCUT2D eigenvalue weighted by Crippen LogP contribution is -2.42. The third-order valence-electron chi connectivity index (χ3n) is 5.26. The summed E-state index contributed by atoms with van der Waals surface area (Å²) in [6, 6.07) is 19.0. The Hall–Kier alpha value is -4.18. The van der Waals surface area contributed by atoms with E-state index in [0.717, 1.165) is 16.7 Å². The van der Waals surface area contributed by atoms with Gasteiger partial charge in [0.15, 0.2) is 12.4 Å². The zero-order chi connectivity index (χ0) is 23.1. The summed E-state index contributed by atoms with van der Waals surface area (Å²) < 4.78 is 5.65. The Balaban J connectivity index is 1.71. The average molecular weight is 429 g/mol. The zero-order valence-electron chi connectivity index (χ0n) is 17.8. The van der Waals surface area contributed by atoms with Crippen LogP contribution in [0.15, 0.2) is 73.1 Å². The average Bonchev–Trinajstić information content (AvgIpc) is 2.82. The number of nitrogens with one attached hydrogen (secondary N) is 1. The van der Waals surface area contributed by atoms with Crippen molar-refractivity contribution in [3.8, 4) is 17.2 Å². The number of pyridine rings is 1. The Morgan fingerprint density at radius 2 is 1.75 bits per heavy atom. The quantitative estimate of drug-likeness (QED) is 0.353. The molecule has 2 aromatic carbocycles. The van der Waals surface area contributed by atoms with E-state index in [1.54, 1.807) is 61.5 Å². The van der Waals surface area contributed by atoms with Gasteiger partial charge in [0.25, 0.3) is 5.91 Å². The number of amides is 1. The zero-order valence-corrected chi connectivity index (χ0v) is 17.8. The molecule has 0 fully saturated rings. The molecule has 1 amide bonds. The van der Waals surface area contributed by atoms with Gasteiger partial charge in [-0.3, -0.25) is 9.59 Å². The molecule has 0 bridgehead atoms. The molecular weight excluding hydrogens is 406 g/mol. The summed E-state index contributed by atoms with van der Waals surface area (Å²) in [7, 11) is 1.31. The molecule has 3 rings (SSSR count). The second-order valence-electron chi connectivity index (χ2n) is 7.43. The summed E-state index contributed by atoms with van der Waals surface area (Å²) in [4.78, 5) is 25.2. The molecular formula is C25H23N3O4. The number of ether oxygens (including phenoxy) is 1. The number of methoxy groups -OCH3 is 1. The Morgan fingerprint density at radius 1 is 1.09 bits per heavy atom. The molecule has 32 heavy (non-hydrogen) atoms. The molecule has 0 spiro atoms. The van der Waals surface area contributed by atoms with E-state index in [4.69, 9.17) is 10.00 Å². The van der Waals surface area contributed by atoms with E-state index >= 15 is 0 Å². The van der Waals surface area contributed by atoms with Crippen LogP contribution in [-0.2, 0) is 16.0 Å². The van der Waals surface area contributed by atoms with Gasteiger partial charge >= 0.3 is 5.97 Å². The van der Waals surface area contributed by atoms with E-state index in [0.29, 0.717) is 22.3 Å². The van der Waals surface area contributed by atoms with E-state index < -0.39 is 17.9 Å². The summed E-state index contributed by atoms with van der Waals surface area (Å²) in [5.74, 6) is -1.36. The predicted molar refractivity (Wildman–Crippen MR) is 118 cm³/mol. The van der Waals surface area contributed by atoms with Crippen molar-refractivity contribution in [1.29, 1.82) is 5.26 Å². The van der Waals surface area contributed by atoms with Crippen molar-refractivity contribution in [1.82, 2.24) is 5.32 Å². The molecule has 0 saturated heterocycles. The fraction of sp³-hybridized carbons (Fsp3) is 0.200. The van der Waals surface area contributed by atoms with Crippen LogP contribution in [0, 0.1) is 22.5 Å². The minimum atomic E-state index is -0.611. The molecule has 0 aliphatic rings. The molecule has 1 unspecified atom stereocenters. The van der Waals surface area contributed by atoms with E-state index in [2.05, 4.69) is 11.4 Å². The van der Waals surface area contributed by atoms with E-state index in [1.165, 1.54) is 19.5 Å². The van der Waals surface area contributed by atoms with Gasteiger partial charge in [0.05, 0.1) is 24.7 Å². The van der Waals surface area contributed by atoms with Crippen LogP contribution in [0.5, 0.6) is 0 Å². The number of hydrogen-bond acceptors (Lipinski definition) is 5. The standard InChI is InChI=1S/C25H23N3O4/c1-17(23(25(30)32-2)15-18-4-3-5-19(14-18)16-26)27-24(29)22-8-6-20(7-9-22)21-10-12-28(31)13-11-21/h3-14,17,23H,15H2,1-2H3,(H,27,29)/t17?,23-/m1/s1. The second-order valence-corrected chi connectivity index (χ2v) is 7.43. The summed E-state index contributed by atoms with van der Waals surface area (Å²) >= 11 is 0. The van der Waals surface area contributed by atoms with Crippen molar-refractivity contribution < 1.29 is 19.1 Å². The normalized spacial score (nSPS) is 12.3. The van der Waals surface area contributed by atoms with Crippen LogP contribution in [0.2, 0.25) is 0 Å². The van der Waals surface area contributed by atoms with Crippen LogP contribution in [0.1, 0.15) is 28.4 Å². The Bertz CT molecular complexity index is 1140. The van der Waals surface area contributed by atoms with E-state index in [-0.39, 0.29) is 5.91 Å². The van der Waals surface area contributed by atoms with Gasteiger partial charge in [0.2, 0.25) is 0 Å². The van der Waals surface area contributed by atoms with Crippen LogP contribution in [0.4, 0.5) is 0 Å². The largest absolute Gasteiger partial charge is 0.619 e. The summed E-state index contributed by atoms with van der Waals surface area (Å²) in [5, 5.41) is 23.2. The summed E-state index contributed by atoms with van der Waals surface area (Å²) in [5.41, 5.74) is 3.51. The van der Waals surface area contributed by atoms with Gasteiger partial charge in [-0.15, -0.1) is 0 Å². The highest BCUT2D eigenvalue weighted by molar-refractivity contribution is 5.95. The molecule has 1 heterocycles. The fourth-order valence-corrected chi connectivity index (χ4v) is 3.45. The molecule has 1 N–H and O–H groups in total. The number of rotatable bonds is 7. The van der Waals surface area contributed by atoms with Crippen LogP contribution in [-0.4, -0.2) is 25.0 Å². The first-order valence-electron chi connectivity index (χ1n) is 10.1. The molecule has 3 aromatic rings. The number of esters is 1. The fourth-order valence-electron chi connectivity index (χ4n) is 3.45. The van der Waals surface area contributed by atoms with E-state index in [1.807, 2.05) is 6.07 Å². The maximum Gasteiger partial charge on any atom is 0.311 e. The topological polar surface area (TPSA) is 106 Å². The highest BCUT2D eigenvalue weighted by Crippen LogP contribution is 2.20. The highest BCUT2D eigenvalue weighted by atomic mass is 16.5. The smallest absolute Gasteiger partial charge is 0.311 e. The maximum absolute atomic E-state index is 12.8. The van der Waals surface area contributed by atoms with Crippen molar-refractivity contribution in [3.63, 3.8) is 0 Å². The number of carbonyl (C=O) groups is 2. The van der Waals surface area contributed by atoms with Gasteiger partial charge < -0.3 is 15.3 Å². The molecule has 7 nitrogen and oxygen atoms in total. The number of aromatic nitrogens is 1. The first-order chi connectivity index (χ1) is 15.4. The van der Waals surface area contributed by atoms with Crippen LogP contribution < -0.4 is 10.0 Å². The van der Waals surface area contributed by atoms with E-state index in [9.17, 15) is 14.8 Å². The molecule has 162 valence electrons. The molecule has 0 aliphatic heterocycles. The van der Waals surface area contributed by atoms with Gasteiger partial charge in [-0.05, 0) is 54.3 Å². The predicted octanol–water partition coefficient (Wildman–Crippen LogP) is 3.01. The Labute approximate surface area is 186 Å². The molecule has 0 aliphatic carbocycles. The molecule has 0 radical (unpaired) electrons. The Morgan fingerprint density at radius 3 is 2.38 bits per heavy atom. The number of hydrogen-bond donors (Lipinski definition) is 1. The molecule has 2 atom stereocenters. The first kappa shape index (κ1) is 22.5. The Kier molecular flexibility index (Phi) is 7.19. The number of nitrogens with zero attached hydrogens (tertiary/aromatic N) is 2. The third kappa shape index (κ3) is 5.49. The first-order valence-corrected chi connectivity index (χ1v) is 10.1. The lowest BCUT2D eigenvalue weighted by molar-refractivity contribution is -0.605. The number of carbonyl (C=O) groups excluding carboxylic acids is 2. The van der Waals surface area contributed by atoms with Crippen LogP contribution in [0.25, 0.3) is 11.1 Å². The number of nitriles is 1. The van der Waals surface area contributed by atoms with Crippen molar-refractivity contribution in [2.24, 2.45) is 5.92 Å². The van der Waals surface area contributed by atoms with Crippen molar-refractivity contribution in [2.75, 3.05) is 7.11 Å². The lowest BCUT2D eigenvalue weighted by Gasteiger charge is -2.23. The van der Waals surface area contributed by atoms with Crippen molar-refractivity contribution in [3.05, 3.63) is 95.0 Å². The third-order valence-corrected chi connectivity index (χ3v) is 5.26. The molecule has 1 aromatic heterocycles. The lowest BCUT2D eigenvalue weighted by atomic mass is 9.92. The molecule has 0 saturated carbocycles. The summed E-state index contributed by atoms with van der Waals surface area (Å²) in [6.07, 6.45) is 3.16. The summed E-state index contributed by atoms with van der Waals surface area (Å²) in [6.45, 7) is 1.75. The minimum Gasteiger partial charge on any atom is -0.619 e. The van der Waals surface area contributed by atoms with Gasteiger partial charge in [-0.25, -0.2) is 0 Å². The van der Waals surface area contributed by atoms with Crippen molar-refractivity contribution in [2.45, 2.75) is 19.4 Å². The monoisotopic (exact) mass is 429 g/mol. The van der Waals surface area contributed by atoms with Gasteiger partial charge in [0.1, 0.15) is 0 Å². The van der Waals surface area contributed by atoms with Gasteiger partial charge in [-0.1, -0.05) is 24.3 Å². The molecule has 7 heteroatoms. The number of benzene rings is 2. The van der Waals surface area contributed by atoms with Crippen LogP contribution in [0.3, 0.4) is 0 Å². The minimum absolute atomic E-state index is 0.311. The highest BCUT2D eigenvalue weighted by Gasteiger charge is 2.28.